The second-order valence-corrected chi connectivity index (χ2v) is 5.54. The van der Waals surface area contributed by atoms with Crippen molar-refractivity contribution in [2.45, 2.75) is 38.3 Å². The van der Waals surface area contributed by atoms with Crippen LogP contribution in [-0.2, 0) is 6.54 Å². The average Bonchev–Trinajstić information content (AvgIpc) is 2.77. The topological polar surface area (TPSA) is 3.24 Å². The molecule has 0 aromatic heterocycles. The highest BCUT2D eigenvalue weighted by atomic mass is 35.5. The molecule has 0 aliphatic carbocycles. The summed E-state index contributed by atoms with van der Waals surface area (Å²) >= 11 is 11.7. The highest BCUT2D eigenvalue weighted by Crippen LogP contribution is 2.24. The molecule has 94 valence electrons. The fraction of sp³-hybridized carbons (Fsp3) is 0.571. The smallest absolute Gasteiger partial charge is 0.0406 e. The summed E-state index contributed by atoms with van der Waals surface area (Å²) < 4.78 is 0. The fourth-order valence-electron chi connectivity index (χ4n) is 2.57. The number of hydrogen-bond acceptors (Lipinski definition) is 1. The number of hydrogen-bond donors (Lipinski definition) is 0. The lowest BCUT2D eigenvalue weighted by Gasteiger charge is -2.24. The highest BCUT2D eigenvalue weighted by molar-refractivity contribution is 6.30. The largest absolute Gasteiger partial charge is 0.296 e. The zero-order valence-electron chi connectivity index (χ0n) is 10.0. The van der Waals surface area contributed by atoms with Crippen molar-refractivity contribution in [3.8, 4) is 0 Å². The van der Waals surface area contributed by atoms with Crippen molar-refractivity contribution in [1.82, 2.24) is 4.90 Å². The van der Waals surface area contributed by atoms with Crippen LogP contribution in [0.3, 0.4) is 0 Å². The van der Waals surface area contributed by atoms with Gasteiger partial charge in [-0.1, -0.05) is 23.7 Å². The van der Waals surface area contributed by atoms with Crippen molar-refractivity contribution in [3.63, 3.8) is 0 Å². The zero-order valence-corrected chi connectivity index (χ0v) is 11.6. The third kappa shape index (κ3) is 3.87. The van der Waals surface area contributed by atoms with Gasteiger partial charge in [0.05, 0.1) is 0 Å². The van der Waals surface area contributed by atoms with Gasteiger partial charge >= 0.3 is 0 Å². The van der Waals surface area contributed by atoms with E-state index in [4.69, 9.17) is 23.2 Å². The minimum atomic E-state index is 0.726. The van der Waals surface area contributed by atoms with Crippen LogP contribution in [0.25, 0.3) is 0 Å². The molecule has 0 radical (unpaired) electrons. The molecule has 1 nitrogen and oxygen atoms in total. The monoisotopic (exact) mass is 271 g/mol. The van der Waals surface area contributed by atoms with E-state index in [9.17, 15) is 0 Å². The molecule has 0 bridgehead atoms. The summed E-state index contributed by atoms with van der Waals surface area (Å²) in [7, 11) is 0. The highest BCUT2D eigenvalue weighted by Gasteiger charge is 2.23. The molecule has 1 aliphatic heterocycles. The van der Waals surface area contributed by atoms with Crippen molar-refractivity contribution in [3.05, 3.63) is 34.9 Å². The summed E-state index contributed by atoms with van der Waals surface area (Å²) in [6, 6.07) is 8.92. The van der Waals surface area contributed by atoms with Crippen LogP contribution >= 0.6 is 23.2 Å². The Bertz CT molecular complexity index is 337. The Labute approximate surface area is 114 Å². The van der Waals surface area contributed by atoms with Crippen LogP contribution in [0.5, 0.6) is 0 Å². The van der Waals surface area contributed by atoms with Crippen molar-refractivity contribution in [2.24, 2.45) is 0 Å². The van der Waals surface area contributed by atoms with Crippen LogP contribution in [-0.4, -0.2) is 23.4 Å². The quantitative estimate of drug-likeness (QED) is 0.721. The maximum absolute atomic E-state index is 5.90. The summed E-state index contributed by atoms with van der Waals surface area (Å²) in [4.78, 5) is 2.58. The molecule has 1 aromatic carbocycles. The van der Waals surface area contributed by atoms with Gasteiger partial charge in [0.2, 0.25) is 0 Å². The summed E-state index contributed by atoms with van der Waals surface area (Å²) in [5, 5.41) is 0.814. The van der Waals surface area contributed by atoms with Crippen LogP contribution in [0.15, 0.2) is 24.3 Å². The second-order valence-electron chi connectivity index (χ2n) is 4.72. The van der Waals surface area contributed by atoms with Crippen LogP contribution < -0.4 is 0 Å². The van der Waals surface area contributed by atoms with Gasteiger partial charge in [-0.15, -0.1) is 11.6 Å². The van der Waals surface area contributed by atoms with Gasteiger partial charge in [0.15, 0.2) is 0 Å². The van der Waals surface area contributed by atoms with Crippen molar-refractivity contribution in [2.75, 3.05) is 12.4 Å². The number of nitrogens with zero attached hydrogens (tertiary/aromatic N) is 1. The van der Waals surface area contributed by atoms with E-state index in [1.165, 1.54) is 31.4 Å². The van der Waals surface area contributed by atoms with E-state index in [0.29, 0.717) is 0 Å². The molecule has 0 N–H and O–H groups in total. The van der Waals surface area contributed by atoms with Gasteiger partial charge in [-0.3, -0.25) is 4.90 Å². The number of alkyl halides is 1. The molecule has 1 fully saturated rings. The van der Waals surface area contributed by atoms with Gasteiger partial charge in [-0.2, -0.15) is 0 Å². The van der Waals surface area contributed by atoms with E-state index in [-0.39, 0.29) is 0 Å². The lowest BCUT2D eigenvalue weighted by Crippen LogP contribution is -2.28. The molecule has 0 amide bonds. The normalized spacial score (nSPS) is 20.9. The molecule has 1 aromatic rings. The van der Waals surface area contributed by atoms with Gasteiger partial charge < -0.3 is 0 Å². The maximum atomic E-state index is 5.90. The van der Waals surface area contributed by atoms with Crippen LogP contribution in [0.1, 0.15) is 31.2 Å². The Hall–Kier alpha value is -0.240. The molecule has 0 saturated carbocycles. The molecule has 0 spiro atoms. The van der Waals surface area contributed by atoms with Crippen molar-refractivity contribution >= 4 is 23.2 Å². The molecule has 17 heavy (non-hydrogen) atoms. The molecular formula is C14H19Cl2N. The van der Waals surface area contributed by atoms with Crippen molar-refractivity contribution in [1.29, 1.82) is 0 Å². The van der Waals surface area contributed by atoms with Crippen LogP contribution in [0, 0.1) is 0 Å². The third-order valence-corrected chi connectivity index (χ3v) is 3.99. The first kappa shape index (κ1) is 13.2. The maximum Gasteiger partial charge on any atom is 0.0406 e. The van der Waals surface area contributed by atoms with Gasteiger partial charge in [0.1, 0.15) is 0 Å². The SMILES string of the molecule is ClCCCC1CCCN1Cc1ccc(Cl)cc1. The molecule has 2 rings (SSSR count). The Morgan fingerprint density at radius 2 is 2.00 bits per heavy atom. The molecular weight excluding hydrogens is 253 g/mol. The van der Waals surface area contributed by atoms with Gasteiger partial charge in [0, 0.05) is 23.5 Å². The van der Waals surface area contributed by atoms with Gasteiger partial charge in [-0.05, 0) is 49.9 Å². The first-order valence-corrected chi connectivity index (χ1v) is 7.25. The van der Waals surface area contributed by atoms with Crippen molar-refractivity contribution < 1.29 is 0 Å². The first-order valence-electron chi connectivity index (χ1n) is 6.34. The standard InChI is InChI=1S/C14H19Cl2N/c15-9-1-3-14-4-2-10-17(14)11-12-5-7-13(16)8-6-12/h5-8,14H,1-4,9-11H2. The fourth-order valence-corrected chi connectivity index (χ4v) is 2.85. The lowest BCUT2D eigenvalue weighted by molar-refractivity contribution is 0.234. The summed E-state index contributed by atoms with van der Waals surface area (Å²) in [6.45, 7) is 2.26. The third-order valence-electron chi connectivity index (χ3n) is 3.47. The Balaban J connectivity index is 1.90. The Kier molecular flexibility index (Phi) is 5.15. The van der Waals surface area contributed by atoms with E-state index in [0.717, 1.165) is 29.9 Å². The molecule has 1 unspecified atom stereocenters. The number of halogens is 2. The van der Waals surface area contributed by atoms with E-state index < -0.39 is 0 Å². The predicted octanol–water partition coefficient (Wildman–Crippen LogP) is 4.32. The zero-order chi connectivity index (χ0) is 12.1. The first-order chi connectivity index (χ1) is 8.29. The predicted molar refractivity (Wildman–Crippen MR) is 74.8 cm³/mol. The summed E-state index contributed by atoms with van der Waals surface area (Å²) in [5.74, 6) is 0.783. The molecule has 1 aliphatic rings. The van der Waals surface area contributed by atoms with Gasteiger partial charge in [-0.25, -0.2) is 0 Å². The Morgan fingerprint density at radius 3 is 2.71 bits per heavy atom. The number of benzene rings is 1. The number of likely N-dealkylation sites (tertiary alicyclic amines) is 1. The molecule has 1 heterocycles. The molecule has 3 heteroatoms. The summed E-state index contributed by atoms with van der Waals surface area (Å²) in [5.41, 5.74) is 1.35. The minimum Gasteiger partial charge on any atom is -0.296 e. The summed E-state index contributed by atoms with van der Waals surface area (Å²) in [6.07, 6.45) is 5.01. The average molecular weight is 272 g/mol. The lowest BCUT2D eigenvalue weighted by atomic mass is 10.1. The number of rotatable bonds is 5. The second kappa shape index (κ2) is 6.63. The molecule has 1 saturated heterocycles. The van der Waals surface area contributed by atoms with E-state index in [1.807, 2.05) is 12.1 Å². The van der Waals surface area contributed by atoms with E-state index in [1.54, 1.807) is 0 Å². The van der Waals surface area contributed by atoms with Crippen LogP contribution in [0.2, 0.25) is 5.02 Å². The minimum absolute atomic E-state index is 0.726. The molecule has 1 atom stereocenters. The van der Waals surface area contributed by atoms with E-state index in [2.05, 4.69) is 17.0 Å². The van der Waals surface area contributed by atoms with Crippen LogP contribution in [0.4, 0.5) is 0 Å². The Morgan fingerprint density at radius 1 is 1.24 bits per heavy atom. The van der Waals surface area contributed by atoms with Gasteiger partial charge in [0.25, 0.3) is 0 Å². The van der Waals surface area contributed by atoms with E-state index >= 15 is 0 Å².